The van der Waals surface area contributed by atoms with Gasteiger partial charge in [-0.25, -0.2) is 18.6 Å². The highest BCUT2D eigenvalue weighted by molar-refractivity contribution is 5.98. The van der Waals surface area contributed by atoms with Crippen LogP contribution in [0.15, 0.2) is 30.3 Å². The first-order valence-corrected chi connectivity index (χ1v) is 9.52. The molecule has 1 aromatic carbocycles. The van der Waals surface area contributed by atoms with E-state index in [1.807, 2.05) is 31.2 Å². The fraction of sp³-hybridized carbons (Fsp3) is 0.381. The summed E-state index contributed by atoms with van der Waals surface area (Å²) in [6, 6.07) is 8.54. The van der Waals surface area contributed by atoms with Crippen molar-refractivity contribution in [2.75, 3.05) is 17.7 Å². The topological polar surface area (TPSA) is 113 Å². The molecule has 2 aromatic rings. The first-order valence-electron chi connectivity index (χ1n) is 9.52. The van der Waals surface area contributed by atoms with Gasteiger partial charge in [0.1, 0.15) is 23.3 Å². The number of nitrogens with zero attached hydrogens (tertiary/aromatic N) is 2. The molecular formula is C21H23F2N5O2. The number of hydrogen-bond acceptors (Lipinski definition) is 7. The fourth-order valence-corrected chi connectivity index (χ4v) is 3.52. The minimum absolute atomic E-state index is 0.00523. The number of nitriles is 1. The van der Waals surface area contributed by atoms with Gasteiger partial charge in [-0.3, -0.25) is 0 Å². The lowest BCUT2D eigenvalue weighted by atomic mass is 9.87. The average molecular weight is 415 g/mol. The van der Waals surface area contributed by atoms with Crippen LogP contribution < -0.4 is 16.4 Å². The Morgan fingerprint density at radius 1 is 1.40 bits per heavy atom. The molecule has 0 amide bonds. The molecule has 7 nitrogen and oxygen atoms in total. The van der Waals surface area contributed by atoms with Crippen molar-refractivity contribution in [2.24, 2.45) is 5.73 Å². The number of rotatable bonds is 5. The summed E-state index contributed by atoms with van der Waals surface area (Å²) in [5.41, 5.74) is 7.35. The molecule has 1 aliphatic carbocycles. The van der Waals surface area contributed by atoms with Crippen LogP contribution in [0.5, 0.6) is 0 Å². The second-order valence-electron chi connectivity index (χ2n) is 7.31. The van der Waals surface area contributed by atoms with Gasteiger partial charge in [-0.1, -0.05) is 12.1 Å². The van der Waals surface area contributed by atoms with E-state index in [2.05, 4.69) is 15.6 Å². The van der Waals surface area contributed by atoms with Crippen LogP contribution >= 0.6 is 0 Å². The van der Waals surface area contributed by atoms with Crippen LogP contribution in [-0.4, -0.2) is 36.1 Å². The quantitative estimate of drug-likeness (QED) is 0.638. The number of carbonyl (C=O) groups excluding carboxylic acids is 1. The zero-order chi connectivity index (χ0) is 21.9. The summed E-state index contributed by atoms with van der Waals surface area (Å²) in [4.78, 5) is 16.7. The Balaban J connectivity index is 2.01. The largest absolute Gasteiger partial charge is 0.465 e. The van der Waals surface area contributed by atoms with E-state index in [0.29, 0.717) is 18.5 Å². The third kappa shape index (κ3) is 4.49. The Morgan fingerprint density at radius 3 is 2.83 bits per heavy atom. The molecule has 1 aliphatic rings. The molecule has 1 aromatic heterocycles. The molecule has 0 spiro atoms. The number of methoxy groups -OCH3 is 1. The third-order valence-electron chi connectivity index (χ3n) is 5.09. The number of carbonyl (C=O) groups is 1. The fourth-order valence-electron chi connectivity index (χ4n) is 3.52. The zero-order valence-corrected chi connectivity index (χ0v) is 16.7. The number of esters is 1. The summed E-state index contributed by atoms with van der Waals surface area (Å²) >= 11 is 0. The second kappa shape index (κ2) is 8.63. The van der Waals surface area contributed by atoms with Crippen LogP contribution in [0.1, 0.15) is 40.7 Å². The van der Waals surface area contributed by atoms with Gasteiger partial charge in [-0.2, -0.15) is 5.26 Å². The van der Waals surface area contributed by atoms with Gasteiger partial charge in [0, 0.05) is 18.2 Å². The van der Waals surface area contributed by atoms with Gasteiger partial charge >= 0.3 is 5.97 Å². The number of hydrogen-bond donors (Lipinski definition) is 3. The molecule has 1 saturated carbocycles. The van der Waals surface area contributed by atoms with Gasteiger partial charge < -0.3 is 21.1 Å². The van der Waals surface area contributed by atoms with Crippen molar-refractivity contribution in [1.29, 1.82) is 5.26 Å². The molecule has 158 valence electrons. The van der Waals surface area contributed by atoms with E-state index in [1.54, 1.807) is 6.07 Å². The molecule has 1 heterocycles. The van der Waals surface area contributed by atoms with E-state index in [-0.39, 0.29) is 29.2 Å². The molecule has 0 unspecified atom stereocenters. The van der Waals surface area contributed by atoms with Crippen molar-refractivity contribution in [3.05, 3.63) is 47.0 Å². The van der Waals surface area contributed by atoms with Crippen LogP contribution in [0, 0.1) is 18.3 Å². The van der Waals surface area contributed by atoms with E-state index in [9.17, 15) is 18.8 Å². The molecule has 9 heteroatoms. The standard InChI is InChI=1S/C21H23F2N5O2/c1-12-5-3-6-14(9-12)26-19-17(20(29)30-2)13(11-24)10-16(28-19)27-15-7-4-8-21(22,23)18(15)25/h3,5-6,9-10,15,18H,4,7-8,25H2,1-2H3,(H2,26,27,28)/t15-,18-/m1/s1. The van der Waals surface area contributed by atoms with Crippen molar-refractivity contribution < 1.29 is 18.3 Å². The number of pyridine rings is 1. The molecule has 30 heavy (non-hydrogen) atoms. The minimum Gasteiger partial charge on any atom is -0.465 e. The van der Waals surface area contributed by atoms with E-state index in [4.69, 9.17) is 10.5 Å². The van der Waals surface area contributed by atoms with Gasteiger partial charge in [0.15, 0.2) is 0 Å². The number of ether oxygens (including phenoxy) is 1. The SMILES string of the molecule is COC(=O)c1c(C#N)cc(N[C@@H]2CCCC(F)(F)[C@@H]2N)nc1Nc1cccc(C)c1. The lowest BCUT2D eigenvalue weighted by Gasteiger charge is -2.36. The molecule has 1 fully saturated rings. The molecular weight excluding hydrogens is 392 g/mol. The lowest BCUT2D eigenvalue weighted by molar-refractivity contribution is -0.0554. The predicted molar refractivity (Wildman–Crippen MR) is 109 cm³/mol. The molecule has 2 atom stereocenters. The smallest absolute Gasteiger partial charge is 0.343 e. The van der Waals surface area contributed by atoms with Crippen molar-refractivity contribution in [3.8, 4) is 6.07 Å². The molecule has 4 N–H and O–H groups in total. The maximum atomic E-state index is 14.0. The van der Waals surface area contributed by atoms with Crippen molar-refractivity contribution in [1.82, 2.24) is 4.98 Å². The number of anilines is 3. The Kier molecular flexibility index (Phi) is 6.17. The highest BCUT2D eigenvalue weighted by Crippen LogP contribution is 2.34. The maximum absolute atomic E-state index is 14.0. The van der Waals surface area contributed by atoms with Gasteiger partial charge in [-0.15, -0.1) is 0 Å². The maximum Gasteiger partial charge on any atom is 0.343 e. The number of benzene rings is 1. The van der Waals surface area contributed by atoms with Gasteiger partial charge in [-0.05, 0) is 43.5 Å². The van der Waals surface area contributed by atoms with E-state index >= 15 is 0 Å². The van der Waals surface area contributed by atoms with Crippen molar-refractivity contribution >= 4 is 23.3 Å². The Bertz CT molecular complexity index is 990. The predicted octanol–water partition coefficient (Wildman–Crippen LogP) is 3.72. The van der Waals surface area contributed by atoms with Crippen molar-refractivity contribution in [2.45, 2.75) is 44.2 Å². The lowest BCUT2D eigenvalue weighted by Crippen LogP contribution is -2.55. The number of halogens is 2. The minimum atomic E-state index is -2.98. The first-order chi connectivity index (χ1) is 14.2. The summed E-state index contributed by atoms with van der Waals surface area (Å²) in [5.74, 6) is -3.46. The van der Waals surface area contributed by atoms with Gasteiger partial charge in [0.05, 0.1) is 18.7 Å². The number of nitrogens with one attached hydrogen (secondary N) is 2. The van der Waals surface area contributed by atoms with Crippen molar-refractivity contribution in [3.63, 3.8) is 0 Å². The summed E-state index contributed by atoms with van der Waals surface area (Å²) in [7, 11) is 1.20. The summed E-state index contributed by atoms with van der Waals surface area (Å²) < 4.78 is 32.8. The number of alkyl halides is 2. The van der Waals surface area contributed by atoms with Crippen LogP contribution in [0.3, 0.4) is 0 Å². The monoisotopic (exact) mass is 415 g/mol. The summed E-state index contributed by atoms with van der Waals surface area (Å²) in [5, 5.41) is 15.5. The van der Waals surface area contributed by atoms with E-state index in [0.717, 1.165) is 5.56 Å². The second-order valence-corrected chi connectivity index (χ2v) is 7.31. The Hall–Kier alpha value is -3.25. The highest BCUT2D eigenvalue weighted by Gasteiger charge is 2.44. The van der Waals surface area contributed by atoms with Gasteiger partial charge in [0.25, 0.3) is 5.92 Å². The molecule has 3 rings (SSSR count). The summed E-state index contributed by atoms with van der Waals surface area (Å²) in [6.07, 6.45) is 0.502. The third-order valence-corrected chi connectivity index (χ3v) is 5.09. The molecule has 0 aliphatic heterocycles. The molecule has 0 saturated heterocycles. The number of aryl methyl sites for hydroxylation is 1. The molecule has 0 bridgehead atoms. The number of aromatic nitrogens is 1. The first kappa shape index (κ1) is 21.5. The van der Waals surface area contributed by atoms with E-state index < -0.39 is 24.0 Å². The van der Waals surface area contributed by atoms with Gasteiger partial charge in [0.2, 0.25) is 0 Å². The Labute approximate surface area is 173 Å². The Morgan fingerprint density at radius 2 is 2.17 bits per heavy atom. The number of nitrogens with two attached hydrogens (primary N) is 1. The normalized spacial score (nSPS) is 20.1. The van der Waals surface area contributed by atoms with E-state index in [1.165, 1.54) is 13.2 Å². The average Bonchev–Trinajstić information content (AvgIpc) is 2.70. The van der Waals surface area contributed by atoms with Crippen LogP contribution in [0.25, 0.3) is 0 Å². The van der Waals surface area contributed by atoms with Crippen LogP contribution in [-0.2, 0) is 4.74 Å². The van der Waals surface area contributed by atoms with Crippen LogP contribution in [0.2, 0.25) is 0 Å². The van der Waals surface area contributed by atoms with Crippen LogP contribution in [0.4, 0.5) is 26.1 Å². The zero-order valence-electron chi connectivity index (χ0n) is 16.7. The molecule has 0 radical (unpaired) electrons. The summed E-state index contributed by atoms with van der Waals surface area (Å²) in [6.45, 7) is 1.91. The highest BCUT2D eigenvalue weighted by atomic mass is 19.3.